The molecule has 4 fully saturated rings. The number of unbranched alkanes of at least 4 members (excludes halogenated alkanes) is 1. The zero-order valence-electron chi connectivity index (χ0n) is 15.9. The molecule has 4 aliphatic rings. The van der Waals surface area contributed by atoms with E-state index in [4.69, 9.17) is 4.74 Å². The lowest BCUT2D eigenvalue weighted by Gasteiger charge is -2.57. The van der Waals surface area contributed by atoms with Crippen molar-refractivity contribution in [3.63, 3.8) is 0 Å². The molecule has 24 heavy (non-hydrogen) atoms. The van der Waals surface area contributed by atoms with Gasteiger partial charge in [-0.1, -0.05) is 51.9 Å². The highest BCUT2D eigenvalue weighted by Gasteiger charge is 2.47. The SMILES string of the molecule is CCCCC1CCC(N2C3CCCCC3OC3CCCCC32)CC1. The van der Waals surface area contributed by atoms with E-state index in [0.717, 1.165) is 24.0 Å². The maximum absolute atomic E-state index is 6.65. The van der Waals surface area contributed by atoms with Gasteiger partial charge in [-0.25, -0.2) is 0 Å². The topological polar surface area (TPSA) is 12.5 Å². The minimum Gasteiger partial charge on any atom is -0.372 e. The molecule has 4 rings (SSSR count). The van der Waals surface area contributed by atoms with Crippen molar-refractivity contribution in [2.45, 2.75) is 134 Å². The summed E-state index contributed by atoms with van der Waals surface area (Å²) in [5, 5.41) is 0. The van der Waals surface area contributed by atoms with Gasteiger partial charge in [0, 0.05) is 18.1 Å². The molecule has 0 radical (unpaired) electrons. The summed E-state index contributed by atoms with van der Waals surface area (Å²) in [7, 11) is 0. The standard InChI is InChI=1S/C22H39NO/c1-2-3-8-17-13-15-18(16-14-17)23-19-9-4-6-11-21(19)24-22-12-7-5-10-20(22)23/h17-22H,2-16H2,1H3. The Labute approximate surface area is 149 Å². The third-order valence-electron chi connectivity index (χ3n) is 7.65. The van der Waals surface area contributed by atoms with E-state index in [9.17, 15) is 0 Å². The number of hydrogen-bond donors (Lipinski definition) is 0. The molecule has 0 aromatic heterocycles. The molecule has 1 aliphatic heterocycles. The summed E-state index contributed by atoms with van der Waals surface area (Å²) in [5.41, 5.74) is 0. The quantitative estimate of drug-likeness (QED) is 0.655. The Morgan fingerprint density at radius 2 is 1.33 bits per heavy atom. The van der Waals surface area contributed by atoms with Gasteiger partial charge in [0.15, 0.2) is 0 Å². The van der Waals surface area contributed by atoms with Gasteiger partial charge in [-0.3, -0.25) is 4.90 Å². The van der Waals surface area contributed by atoms with Gasteiger partial charge in [0.2, 0.25) is 0 Å². The molecule has 138 valence electrons. The number of rotatable bonds is 4. The second-order valence-electron chi connectivity index (χ2n) is 9.18. The first kappa shape index (κ1) is 17.3. The molecule has 1 saturated heterocycles. The van der Waals surface area contributed by atoms with E-state index in [-0.39, 0.29) is 0 Å². The van der Waals surface area contributed by atoms with Crippen molar-refractivity contribution in [2.24, 2.45) is 5.92 Å². The van der Waals surface area contributed by atoms with Crippen LogP contribution >= 0.6 is 0 Å². The van der Waals surface area contributed by atoms with Crippen LogP contribution in [0.5, 0.6) is 0 Å². The summed E-state index contributed by atoms with van der Waals surface area (Å²) in [6.07, 6.45) is 22.5. The molecular weight excluding hydrogens is 294 g/mol. The summed E-state index contributed by atoms with van der Waals surface area (Å²) in [5.74, 6) is 1.03. The van der Waals surface area contributed by atoms with Gasteiger partial charge in [0.05, 0.1) is 12.2 Å². The maximum atomic E-state index is 6.65. The van der Waals surface area contributed by atoms with Crippen molar-refractivity contribution >= 4 is 0 Å². The molecule has 2 nitrogen and oxygen atoms in total. The highest BCUT2D eigenvalue weighted by atomic mass is 16.5. The molecule has 0 spiro atoms. The zero-order valence-corrected chi connectivity index (χ0v) is 15.9. The third kappa shape index (κ3) is 3.56. The fourth-order valence-electron chi connectivity index (χ4n) is 6.39. The fourth-order valence-corrected chi connectivity index (χ4v) is 6.39. The molecule has 0 aromatic rings. The van der Waals surface area contributed by atoms with Crippen molar-refractivity contribution in [3.05, 3.63) is 0 Å². The van der Waals surface area contributed by atoms with Crippen molar-refractivity contribution in [1.82, 2.24) is 4.90 Å². The van der Waals surface area contributed by atoms with Crippen LogP contribution in [0.3, 0.4) is 0 Å². The third-order valence-corrected chi connectivity index (χ3v) is 7.65. The summed E-state index contributed by atoms with van der Waals surface area (Å²) >= 11 is 0. The Balaban J connectivity index is 1.44. The molecule has 0 N–H and O–H groups in total. The van der Waals surface area contributed by atoms with Gasteiger partial charge in [-0.2, -0.15) is 0 Å². The van der Waals surface area contributed by atoms with E-state index in [1.807, 2.05) is 0 Å². The molecule has 1 heterocycles. The number of fused-ring (bicyclic) bond motifs is 2. The van der Waals surface area contributed by atoms with Crippen molar-refractivity contribution in [2.75, 3.05) is 0 Å². The summed E-state index contributed by atoms with van der Waals surface area (Å²) in [6, 6.07) is 2.40. The molecule has 3 aliphatic carbocycles. The number of nitrogens with zero attached hydrogens (tertiary/aromatic N) is 1. The van der Waals surface area contributed by atoms with Crippen LogP contribution < -0.4 is 0 Å². The minimum absolute atomic E-state index is 0.566. The molecule has 0 amide bonds. The maximum Gasteiger partial charge on any atom is 0.0735 e. The van der Waals surface area contributed by atoms with Crippen molar-refractivity contribution in [3.8, 4) is 0 Å². The Kier molecular flexibility index (Phi) is 5.84. The van der Waals surface area contributed by atoms with E-state index >= 15 is 0 Å². The molecule has 0 bridgehead atoms. The summed E-state index contributed by atoms with van der Waals surface area (Å²) < 4.78 is 6.65. The highest BCUT2D eigenvalue weighted by molar-refractivity contribution is 5.00. The Hall–Kier alpha value is -0.0800. The Bertz CT molecular complexity index is 367. The Morgan fingerprint density at radius 1 is 0.750 bits per heavy atom. The van der Waals surface area contributed by atoms with Crippen LogP contribution in [0.4, 0.5) is 0 Å². The van der Waals surface area contributed by atoms with Gasteiger partial charge < -0.3 is 4.74 Å². The zero-order chi connectivity index (χ0) is 16.4. The number of hydrogen-bond acceptors (Lipinski definition) is 2. The first-order valence-electron chi connectivity index (χ1n) is 11.3. The molecule has 4 unspecified atom stereocenters. The molecule has 2 heteroatoms. The molecule has 3 saturated carbocycles. The van der Waals surface area contributed by atoms with Crippen LogP contribution in [0.15, 0.2) is 0 Å². The van der Waals surface area contributed by atoms with Crippen LogP contribution in [0.25, 0.3) is 0 Å². The highest BCUT2D eigenvalue weighted by Crippen LogP contribution is 2.43. The van der Waals surface area contributed by atoms with Gasteiger partial charge in [0.25, 0.3) is 0 Å². The average molecular weight is 334 g/mol. The van der Waals surface area contributed by atoms with Crippen LogP contribution in [-0.4, -0.2) is 35.2 Å². The number of morpholine rings is 1. The van der Waals surface area contributed by atoms with Crippen molar-refractivity contribution < 1.29 is 4.74 Å². The van der Waals surface area contributed by atoms with Gasteiger partial charge in [-0.15, -0.1) is 0 Å². The lowest BCUT2D eigenvalue weighted by molar-refractivity contribution is -0.190. The minimum atomic E-state index is 0.566. The first-order valence-corrected chi connectivity index (χ1v) is 11.3. The van der Waals surface area contributed by atoms with Crippen molar-refractivity contribution in [1.29, 1.82) is 0 Å². The van der Waals surface area contributed by atoms with E-state index < -0.39 is 0 Å². The monoisotopic (exact) mass is 333 g/mol. The van der Waals surface area contributed by atoms with Crippen LogP contribution in [-0.2, 0) is 4.74 Å². The van der Waals surface area contributed by atoms with Gasteiger partial charge >= 0.3 is 0 Å². The lowest BCUT2D eigenvalue weighted by atomic mass is 9.77. The summed E-state index contributed by atoms with van der Waals surface area (Å²) in [6.45, 7) is 2.34. The van der Waals surface area contributed by atoms with E-state index in [2.05, 4.69) is 11.8 Å². The largest absolute Gasteiger partial charge is 0.372 e. The van der Waals surface area contributed by atoms with Crippen LogP contribution in [0.1, 0.15) is 103 Å². The second kappa shape index (κ2) is 8.08. The predicted molar refractivity (Wildman–Crippen MR) is 100 cm³/mol. The molecule has 4 atom stereocenters. The first-order chi connectivity index (χ1) is 11.9. The average Bonchev–Trinajstić information content (AvgIpc) is 2.65. The van der Waals surface area contributed by atoms with Gasteiger partial charge in [-0.05, 0) is 57.3 Å². The number of ether oxygens (including phenoxy) is 1. The second-order valence-corrected chi connectivity index (χ2v) is 9.18. The van der Waals surface area contributed by atoms with E-state index in [1.165, 1.54) is 96.3 Å². The summed E-state index contributed by atoms with van der Waals surface area (Å²) in [4.78, 5) is 3.06. The smallest absolute Gasteiger partial charge is 0.0735 e. The van der Waals surface area contributed by atoms with Crippen LogP contribution in [0.2, 0.25) is 0 Å². The fraction of sp³-hybridized carbons (Fsp3) is 1.00. The normalized spacial score (nSPS) is 43.9. The van der Waals surface area contributed by atoms with Crippen LogP contribution in [0, 0.1) is 5.92 Å². The van der Waals surface area contributed by atoms with E-state index in [1.54, 1.807) is 0 Å². The van der Waals surface area contributed by atoms with Gasteiger partial charge in [0.1, 0.15) is 0 Å². The molecule has 0 aromatic carbocycles. The Morgan fingerprint density at radius 3 is 1.92 bits per heavy atom. The lowest BCUT2D eigenvalue weighted by Crippen LogP contribution is -2.65. The molecular formula is C22H39NO. The van der Waals surface area contributed by atoms with E-state index in [0.29, 0.717) is 12.2 Å². The predicted octanol–water partition coefficient (Wildman–Crippen LogP) is 5.69.